The van der Waals surface area contributed by atoms with Gasteiger partial charge in [0.15, 0.2) is 0 Å². The van der Waals surface area contributed by atoms with Crippen LogP contribution in [-0.2, 0) is 13.2 Å². The molecule has 0 radical (unpaired) electrons. The van der Waals surface area contributed by atoms with Gasteiger partial charge in [0.25, 0.3) is 5.56 Å². The minimum Gasteiger partial charge on any atom is -0.497 e. The third-order valence-electron chi connectivity index (χ3n) is 3.17. The van der Waals surface area contributed by atoms with Crippen molar-refractivity contribution in [3.8, 4) is 22.6 Å². The average Bonchev–Trinajstić information content (AvgIpc) is 2.48. The second-order valence-electron chi connectivity index (χ2n) is 4.66. The van der Waals surface area contributed by atoms with Crippen LogP contribution >= 0.6 is 0 Å². The number of nitrogens with zero attached hydrogens (tertiary/aromatic N) is 1. The third-order valence-corrected chi connectivity index (χ3v) is 3.17. The van der Waals surface area contributed by atoms with Crippen LogP contribution in [0.1, 0.15) is 5.56 Å². The van der Waals surface area contributed by atoms with Crippen molar-refractivity contribution in [3.63, 3.8) is 0 Å². The van der Waals surface area contributed by atoms with E-state index in [1.165, 1.54) is 33.4 Å². The van der Waals surface area contributed by atoms with Gasteiger partial charge < -0.3 is 14.0 Å². The molecule has 0 saturated carbocycles. The molecule has 0 atom stereocenters. The Labute approximate surface area is 124 Å². The van der Waals surface area contributed by atoms with Crippen molar-refractivity contribution in [2.45, 2.75) is 6.18 Å². The summed E-state index contributed by atoms with van der Waals surface area (Å²) in [6, 6.07) is 5.37. The first-order valence-electron chi connectivity index (χ1n) is 6.27. The number of rotatable bonds is 3. The summed E-state index contributed by atoms with van der Waals surface area (Å²) in [6.07, 6.45) is -3.77. The molecule has 0 amide bonds. The summed E-state index contributed by atoms with van der Waals surface area (Å²) < 4.78 is 49.8. The monoisotopic (exact) mass is 313 g/mol. The highest BCUT2D eigenvalue weighted by atomic mass is 19.4. The van der Waals surface area contributed by atoms with E-state index in [-0.39, 0.29) is 5.56 Å². The van der Waals surface area contributed by atoms with Gasteiger partial charge in [0.1, 0.15) is 11.5 Å². The molecule has 7 heteroatoms. The van der Waals surface area contributed by atoms with E-state index in [0.29, 0.717) is 17.1 Å². The lowest BCUT2D eigenvalue weighted by molar-refractivity contribution is -0.138. The lowest BCUT2D eigenvalue weighted by Crippen LogP contribution is -2.21. The van der Waals surface area contributed by atoms with Crippen LogP contribution in [0.4, 0.5) is 13.2 Å². The van der Waals surface area contributed by atoms with Gasteiger partial charge in [-0.2, -0.15) is 13.2 Å². The first-order chi connectivity index (χ1) is 10.3. The summed E-state index contributed by atoms with van der Waals surface area (Å²) in [6.45, 7) is 0. The Morgan fingerprint density at radius 2 is 1.55 bits per heavy atom. The van der Waals surface area contributed by atoms with E-state index in [1.807, 2.05) is 0 Å². The van der Waals surface area contributed by atoms with Crippen LogP contribution in [0.3, 0.4) is 0 Å². The van der Waals surface area contributed by atoms with Crippen molar-refractivity contribution in [2.24, 2.45) is 7.05 Å². The van der Waals surface area contributed by atoms with Crippen molar-refractivity contribution in [2.75, 3.05) is 14.2 Å². The van der Waals surface area contributed by atoms with Gasteiger partial charge in [-0.3, -0.25) is 4.79 Å². The lowest BCUT2D eigenvalue weighted by Gasteiger charge is -2.13. The van der Waals surface area contributed by atoms with Gasteiger partial charge in [-0.15, -0.1) is 0 Å². The van der Waals surface area contributed by atoms with Crippen LogP contribution in [0.5, 0.6) is 11.5 Å². The Hall–Kier alpha value is -2.44. The average molecular weight is 313 g/mol. The molecule has 0 unspecified atom stereocenters. The van der Waals surface area contributed by atoms with E-state index in [2.05, 4.69) is 0 Å². The van der Waals surface area contributed by atoms with Crippen LogP contribution in [0.25, 0.3) is 11.1 Å². The smallest absolute Gasteiger partial charge is 0.417 e. The molecular weight excluding hydrogens is 299 g/mol. The molecular formula is C15H14F3NO3. The molecule has 22 heavy (non-hydrogen) atoms. The predicted octanol–water partition coefficient (Wildman–Crippen LogP) is 3.09. The number of pyridine rings is 1. The quantitative estimate of drug-likeness (QED) is 0.874. The fraction of sp³-hybridized carbons (Fsp3) is 0.267. The number of hydrogen-bond acceptors (Lipinski definition) is 3. The van der Waals surface area contributed by atoms with Crippen LogP contribution in [0, 0.1) is 0 Å². The maximum Gasteiger partial charge on any atom is 0.417 e. The van der Waals surface area contributed by atoms with Gasteiger partial charge in [0, 0.05) is 24.9 Å². The van der Waals surface area contributed by atoms with Gasteiger partial charge >= 0.3 is 6.18 Å². The van der Waals surface area contributed by atoms with Gasteiger partial charge in [-0.05, 0) is 23.8 Å². The summed E-state index contributed by atoms with van der Waals surface area (Å²) in [5.74, 6) is 0.766. The number of benzene rings is 1. The SMILES string of the molecule is COc1cc(OC)cc(-c2cc(C(F)(F)F)cn(C)c2=O)c1. The Morgan fingerprint density at radius 3 is 2.00 bits per heavy atom. The van der Waals surface area contributed by atoms with Crippen LogP contribution < -0.4 is 15.0 Å². The van der Waals surface area contributed by atoms with E-state index >= 15 is 0 Å². The zero-order valence-electron chi connectivity index (χ0n) is 12.2. The number of aromatic nitrogens is 1. The Kier molecular flexibility index (Phi) is 4.16. The lowest BCUT2D eigenvalue weighted by atomic mass is 10.0. The Morgan fingerprint density at radius 1 is 1.00 bits per heavy atom. The molecule has 0 fully saturated rings. The van der Waals surface area contributed by atoms with Gasteiger partial charge in [0.2, 0.25) is 0 Å². The Balaban J connectivity index is 2.71. The van der Waals surface area contributed by atoms with Crippen molar-refractivity contribution in [1.82, 2.24) is 4.57 Å². The molecule has 0 bridgehead atoms. The van der Waals surface area contributed by atoms with Crippen molar-refractivity contribution in [3.05, 3.63) is 46.4 Å². The number of aryl methyl sites for hydroxylation is 1. The highest BCUT2D eigenvalue weighted by Crippen LogP contribution is 2.33. The van der Waals surface area contributed by atoms with Gasteiger partial charge in [-0.25, -0.2) is 0 Å². The third kappa shape index (κ3) is 3.08. The fourth-order valence-corrected chi connectivity index (χ4v) is 2.04. The largest absolute Gasteiger partial charge is 0.497 e. The zero-order chi connectivity index (χ0) is 16.5. The molecule has 4 nitrogen and oxygen atoms in total. The molecule has 0 aliphatic carbocycles. The minimum atomic E-state index is -4.54. The molecule has 0 saturated heterocycles. The van der Waals surface area contributed by atoms with E-state index in [4.69, 9.17) is 9.47 Å². The molecule has 1 aromatic carbocycles. The normalized spacial score (nSPS) is 11.4. The van der Waals surface area contributed by atoms with Gasteiger partial charge in [-0.1, -0.05) is 0 Å². The Bertz CT molecular complexity index is 728. The number of hydrogen-bond donors (Lipinski definition) is 0. The first kappa shape index (κ1) is 15.9. The van der Waals surface area contributed by atoms with Crippen LogP contribution in [0.2, 0.25) is 0 Å². The summed E-state index contributed by atoms with van der Waals surface area (Å²) in [7, 11) is 4.12. The summed E-state index contributed by atoms with van der Waals surface area (Å²) >= 11 is 0. The number of ether oxygens (including phenoxy) is 2. The van der Waals surface area contributed by atoms with E-state index in [1.54, 1.807) is 6.07 Å². The molecule has 0 spiro atoms. The molecule has 0 aliphatic heterocycles. The van der Waals surface area contributed by atoms with E-state index in [9.17, 15) is 18.0 Å². The highest BCUT2D eigenvalue weighted by Gasteiger charge is 2.32. The van der Waals surface area contributed by atoms with E-state index in [0.717, 1.165) is 16.8 Å². The maximum absolute atomic E-state index is 12.9. The van der Waals surface area contributed by atoms with Crippen molar-refractivity contribution >= 4 is 0 Å². The molecule has 118 valence electrons. The minimum absolute atomic E-state index is 0.0745. The fourth-order valence-electron chi connectivity index (χ4n) is 2.04. The summed E-state index contributed by atoms with van der Waals surface area (Å²) in [5.41, 5.74) is -1.22. The number of halogens is 3. The highest BCUT2D eigenvalue weighted by molar-refractivity contribution is 5.67. The molecule has 0 aliphatic rings. The van der Waals surface area contributed by atoms with Gasteiger partial charge in [0.05, 0.1) is 19.8 Å². The van der Waals surface area contributed by atoms with E-state index < -0.39 is 17.3 Å². The second-order valence-corrected chi connectivity index (χ2v) is 4.66. The van der Waals surface area contributed by atoms with Crippen molar-refractivity contribution in [1.29, 1.82) is 0 Å². The second kappa shape index (κ2) is 5.75. The van der Waals surface area contributed by atoms with Crippen LogP contribution in [0.15, 0.2) is 35.3 Å². The summed E-state index contributed by atoms with van der Waals surface area (Å²) in [4.78, 5) is 12.2. The summed E-state index contributed by atoms with van der Waals surface area (Å²) in [5, 5.41) is 0. The standard InChI is InChI=1S/C15H14F3NO3/c1-19-8-10(15(16,17)18)6-13(14(19)20)9-4-11(21-2)7-12(5-9)22-3/h4-8H,1-3H3. The molecule has 0 N–H and O–H groups in total. The van der Waals surface area contributed by atoms with Crippen molar-refractivity contribution < 1.29 is 22.6 Å². The van der Waals surface area contributed by atoms with Crippen LogP contribution in [-0.4, -0.2) is 18.8 Å². The number of alkyl halides is 3. The molecule has 1 aromatic heterocycles. The molecule has 2 rings (SSSR count). The topological polar surface area (TPSA) is 40.5 Å². The first-order valence-corrected chi connectivity index (χ1v) is 6.27. The zero-order valence-corrected chi connectivity index (χ0v) is 12.2. The molecule has 1 heterocycles. The predicted molar refractivity (Wildman–Crippen MR) is 75.2 cm³/mol. The molecule has 2 aromatic rings. The number of methoxy groups -OCH3 is 2. The maximum atomic E-state index is 12.9.